The molecule has 0 N–H and O–H groups in total. The van der Waals surface area contributed by atoms with Crippen LogP contribution < -0.4 is 0 Å². The van der Waals surface area contributed by atoms with Crippen LogP contribution in [0.25, 0.3) is 0 Å². The first-order valence-electron chi connectivity index (χ1n) is 7.75. The van der Waals surface area contributed by atoms with E-state index in [9.17, 15) is 0 Å². The van der Waals surface area contributed by atoms with Crippen LogP contribution >= 0.6 is 0 Å². The molecule has 0 amide bonds. The summed E-state index contributed by atoms with van der Waals surface area (Å²) in [5.41, 5.74) is 0.589. The molecule has 0 unspecified atom stereocenters. The van der Waals surface area contributed by atoms with Gasteiger partial charge in [-0.25, -0.2) is 0 Å². The van der Waals surface area contributed by atoms with Crippen molar-refractivity contribution in [1.29, 1.82) is 0 Å². The summed E-state index contributed by atoms with van der Waals surface area (Å²) in [6.07, 6.45) is 5.25. The number of ether oxygens (including phenoxy) is 1. The minimum Gasteiger partial charge on any atom is -0.383 e. The van der Waals surface area contributed by atoms with Gasteiger partial charge in [-0.15, -0.1) is 0 Å². The van der Waals surface area contributed by atoms with E-state index in [1.54, 1.807) is 7.11 Å². The van der Waals surface area contributed by atoms with Gasteiger partial charge in [-0.2, -0.15) is 0 Å². The van der Waals surface area contributed by atoms with Crippen molar-refractivity contribution < 1.29 is 4.74 Å². The summed E-state index contributed by atoms with van der Waals surface area (Å²) < 4.78 is 5.18. The highest BCUT2D eigenvalue weighted by Crippen LogP contribution is 2.29. The molecule has 0 saturated carbocycles. The lowest BCUT2D eigenvalue weighted by Crippen LogP contribution is -2.47. The first-order chi connectivity index (χ1) is 8.79. The predicted octanol–water partition coefficient (Wildman–Crippen LogP) is 3.00. The maximum Gasteiger partial charge on any atom is 0.0589 e. The maximum atomic E-state index is 5.18. The molecule has 114 valence electrons. The Morgan fingerprint density at radius 2 is 1.63 bits per heavy atom. The van der Waals surface area contributed by atoms with Crippen molar-refractivity contribution in [2.24, 2.45) is 0 Å². The van der Waals surface area contributed by atoms with Gasteiger partial charge in [0.2, 0.25) is 0 Å². The third-order valence-corrected chi connectivity index (χ3v) is 4.97. The van der Waals surface area contributed by atoms with E-state index in [-0.39, 0.29) is 5.54 Å². The lowest BCUT2D eigenvalue weighted by atomic mass is 9.87. The summed E-state index contributed by atoms with van der Waals surface area (Å²) in [5, 5.41) is 0. The van der Waals surface area contributed by atoms with Crippen molar-refractivity contribution in [3.05, 3.63) is 0 Å². The molecule has 3 nitrogen and oxygen atoms in total. The fourth-order valence-corrected chi connectivity index (χ4v) is 2.81. The van der Waals surface area contributed by atoms with Crippen LogP contribution in [0.2, 0.25) is 0 Å². The van der Waals surface area contributed by atoms with Crippen molar-refractivity contribution in [2.45, 2.75) is 64.5 Å². The minimum absolute atomic E-state index is 0.246. The lowest BCUT2D eigenvalue weighted by Gasteiger charge is -2.41. The first kappa shape index (κ1) is 16.9. The molecule has 19 heavy (non-hydrogen) atoms. The van der Waals surface area contributed by atoms with E-state index in [1.165, 1.54) is 38.8 Å². The van der Waals surface area contributed by atoms with Crippen molar-refractivity contribution in [3.63, 3.8) is 0 Å². The fraction of sp³-hybridized carbons (Fsp3) is 1.00. The number of likely N-dealkylation sites (tertiary alicyclic amines) is 1. The number of nitrogens with zero attached hydrogens (tertiary/aromatic N) is 2. The van der Waals surface area contributed by atoms with Crippen LogP contribution in [0.15, 0.2) is 0 Å². The molecule has 0 spiro atoms. The molecule has 1 aliphatic heterocycles. The second kappa shape index (κ2) is 7.05. The highest BCUT2D eigenvalue weighted by atomic mass is 16.5. The third kappa shape index (κ3) is 5.05. The highest BCUT2D eigenvalue weighted by molar-refractivity contribution is 4.89. The summed E-state index contributed by atoms with van der Waals surface area (Å²) in [7, 11) is 3.99. The molecule has 1 saturated heterocycles. The molecule has 0 bridgehead atoms. The van der Waals surface area contributed by atoms with Crippen LogP contribution in [0.4, 0.5) is 0 Å². The van der Waals surface area contributed by atoms with E-state index in [2.05, 4.69) is 44.5 Å². The smallest absolute Gasteiger partial charge is 0.0589 e. The van der Waals surface area contributed by atoms with Gasteiger partial charge in [-0.05, 0) is 73.5 Å². The van der Waals surface area contributed by atoms with Gasteiger partial charge in [0, 0.05) is 24.7 Å². The zero-order valence-electron chi connectivity index (χ0n) is 14.0. The molecular weight excluding hydrogens is 236 g/mol. The number of likely N-dealkylation sites (N-methyl/N-ethyl adjacent to an activating group) is 1. The summed E-state index contributed by atoms with van der Waals surface area (Å²) in [4.78, 5) is 5.09. The van der Waals surface area contributed by atoms with Crippen molar-refractivity contribution in [1.82, 2.24) is 9.80 Å². The Morgan fingerprint density at radius 1 is 1.05 bits per heavy atom. The molecule has 0 aliphatic carbocycles. The van der Waals surface area contributed by atoms with E-state index >= 15 is 0 Å². The van der Waals surface area contributed by atoms with Crippen LogP contribution in [0.3, 0.4) is 0 Å². The summed E-state index contributed by atoms with van der Waals surface area (Å²) >= 11 is 0. The van der Waals surface area contributed by atoms with Gasteiger partial charge in [0.05, 0.1) is 6.61 Å². The van der Waals surface area contributed by atoms with E-state index in [1.807, 2.05) is 0 Å². The van der Waals surface area contributed by atoms with Gasteiger partial charge >= 0.3 is 0 Å². The Morgan fingerprint density at radius 3 is 2.16 bits per heavy atom. The van der Waals surface area contributed by atoms with Crippen LogP contribution in [-0.2, 0) is 4.74 Å². The second-order valence-corrected chi connectivity index (χ2v) is 7.23. The van der Waals surface area contributed by atoms with E-state index in [4.69, 9.17) is 4.74 Å². The van der Waals surface area contributed by atoms with Gasteiger partial charge in [0.1, 0.15) is 0 Å². The number of hydrogen-bond acceptors (Lipinski definition) is 3. The van der Waals surface area contributed by atoms with Crippen LogP contribution in [0, 0.1) is 0 Å². The fourth-order valence-electron chi connectivity index (χ4n) is 2.81. The molecule has 0 aromatic rings. The molecule has 1 fully saturated rings. The van der Waals surface area contributed by atoms with Crippen molar-refractivity contribution >= 4 is 0 Å². The second-order valence-electron chi connectivity index (χ2n) is 7.23. The Balaban J connectivity index is 2.44. The van der Waals surface area contributed by atoms with Gasteiger partial charge in [0.15, 0.2) is 0 Å². The monoisotopic (exact) mass is 270 g/mol. The molecule has 0 atom stereocenters. The summed E-state index contributed by atoms with van der Waals surface area (Å²) in [6, 6.07) is 0. The topological polar surface area (TPSA) is 15.7 Å². The SMILES string of the molecule is COCCN(C)C(C)(C)CCC(C)(C)N1CCCC1. The Bertz CT molecular complexity index is 257. The third-order valence-electron chi connectivity index (χ3n) is 4.97. The summed E-state index contributed by atoms with van der Waals surface area (Å²) in [6.45, 7) is 13.9. The molecule has 3 heteroatoms. The van der Waals surface area contributed by atoms with E-state index in [0.717, 1.165) is 13.2 Å². The summed E-state index contributed by atoms with van der Waals surface area (Å²) in [5.74, 6) is 0. The van der Waals surface area contributed by atoms with Crippen molar-refractivity contribution in [3.8, 4) is 0 Å². The van der Waals surface area contributed by atoms with Gasteiger partial charge in [-0.3, -0.25) is 9.80 Å². The van der Waals surface area contributed by atoms with Gasteiger partial charge < -0.3 is 4.74 Å². The van der Waals surface area contributed by atoms with E-state index < -0.39 is 0 Å². The number of methoxy groups -OCH3 is 1. The van der Waals surface area contributed by atoms with E-state index in [0.29, 0.717) is 5.54 Å². The zero-order valence-corrected chi connectivity index (χ0v) is 14.0. The molecule has 1 rings (SSSR count). The molecule has 0 radical (unpaired) electrons. The van der Waals surface area contributed by atoms with Crippen LogP contribution in [0.5, 0.6) is 0 Å². The Kier molecular flexibility index (Phi) is 6.28. The predicted molar refractivity (Wildman–Crippen MR) is 82.7 cm³/mol. The van der Waals surface area contributed by atoms with Crippen LogP contribution in [-0.4, -0.2) is 61.3 Å². The zero-order chi connectivity index (χ0) is 14.5. The average Bonchev–Trinajstić information content (AvgIpc) is 2.88. The highest BCUT2D eigenvalue weighted by Gasteiger charge is 2.32. The molecule has 1 heterocycles. The van der Waals surface area contributed by atoms with Crippen molar-refractivity contribution in [2.75, 3.05) is 40.4 Å². The van der Waals surface area contributed by atoms with Gasteiger partial charge in [0.25, 0.3) is 0 Å². The molecule has 1 aliphatic rings. The average molecular weight is 270 g/mol. The normalized spacial score (nSPS) is 18.5. The minimum atomic E-state index is 0.246. The molecule has 0 aromatic heterocycles. The Labute approximate surface area is 120 Å². The molecule has 0 aromatic carbocycles. The lowest BCUT2D eigenvalue weighted by molar-refractivity contribution is 0.0713. The number of hydrogen-bond donors (Lipinski definition) is 0. The molecular formula is C16H34N2O. The maximum absolute atomic E-state index is 5.18. The largest absolute Gasteiger partial charge is 0.383 e. The number of rotatable bonds is 8. The first-order valence-corrected chi connectivity index (χ1v) is 7.75. The van der Waals surface area contributed by atoms with Crippen LogP contribution in [0.1, 0.15) is 53.4 Å². The quantitative estimate of drug-likeness (QED) is 0.674. The van der Waals surface area contributed by atoms with Gasteiger partial charge in [-0.1, -0.05) is 0 Å². The standard InChI is InChI=1S/C16H34N2O/c1-15(2,17(5)13-14-19-6)9-10-16(3,4)18-11-7-8-12-18/h7-14H2,1-6H3. The Hall–Kier alpha value is -0.120.